The molecule has 9 rings (SSSR count). The van der Waals surface area contributed by atoms with Crippen molar-refractivity contribution in [3.8, 4) is 34.5 Å². The highest BCUT2D eigenvalue weighted by Gasteiger charge is 2.31. The first kappa shape index (κ1) is 59.4. The maximum atomic E-state index is 12.9. The molecule has 6 nitrogen and oxygen atoms in total. The van der Waals surface area contributed by atoms with Crippen LogP contribution >= 0.6 is 15.9 Å². The zero-order valence-corrected chi connectivity index (χ0v) is 53.4. The fourth-order valence-corrected chi connectivity index (χ4v) is 12.0. The maximum Gasteiger partial charge on any atom is 0.126 e. The Balaban J connectivity index is 1.46. The molecule has 0 spiro atoms. The van der Waals surface area contributed by atoms with Crippen molar-refractivity contribution in [2.24, 2.45) is 0 Å². The van der Waals surface area contributed by atoms with Gasteiger partial charge in [0.1, 0.15) is 47.7 Å². The summed E-state index contributed by atoms with van der Waals surface area (Å²) in [5.41, 5.74) is 16.3. The second kappa shape index (κ2) is 21.2. The van der Waals surface area contributed by atoms with Crippen molar-refractivity contribution in [3.63, 3.8) is 0 Å². The van der Waals surface area contributed by atoms with E-state index in [9.17, 15) is 20.4 Å². The number of benzene rings is 7. The molecular weight excluding hydrogens is 1060 g/mol. The Hall–Kier alpha value is -6.18. The van der Waals surface area contributed by atoms with E-state index in [-0.39, 0.29) is 68.7 Å². The van der Waals surface area contributed by atoms with Crippen LogP contribution in [0.3, 0.4) is 0 Å². The summed E-state index contributed by atoms with van der Waals surface area (Å²) in [7, 11) is 0. The molecule has 2 heterocycles. The number of hydrogen-bond acceptors (Lipinski definition) is 6. The van der Waals surface area contributed by atoms with Gasteiger partial charge in [-0.25, -0.2) is 0 Å². The first-order valence-electron chi connectivity index (χ1n) is 29.2. The average molecular weight is 1150 g/mol. The minimum atomic E-state index is -0.288. The lowest BCUT2D eigenvalue weighted by Gasteiger charge is -2.28. The van der Waals surface area contributed by atoms with E-state index < -0.39 is 0 Å². The van der Waals surface area contributed by atoms with Gasteiger partial charge >= 0.3 is 0 Å². The molecule has 0 amide bonds. The van der Waals surface area contributed by atoms with Gasteiger partial charge in [0.2, 0.25) is 0 Å². The van der Waals surface area contributed by atoms with Crippen LogP contribution in [0.2, 0.25) is 0 Å². The zero-order valence-electron chi connectivity index (χ0n) is 51.8. The molecule has 0 fully saturated rings. The van der Waals surface area contributed by atoms with Gasteiger partial charge in [0.05, 0.1) is 0 Å². The molecule has 0 radical (unpaired) electrons. The number of phenols is 4. The van der Waals surface area contributed by atoms with E-state index in [0.29, 0.717) is 50.0 Å². The van der Waals surface area contributed by atoms with Gasteiger partial charge in [-0.05, 0) is 149 Å². The standard InChI is InChI=1S/C74H89BrO6/c1-69(2,3)56-28-44-22-45-29-57(70(4,5)6)33-49(64(45)77)25-54-38-61(74(16,17)18)39-55-27-51-35-59(72(10,11)12)31-47(66(51)79)23-46-30-58(71(7,8)9)34-50(65(46)78)26-53-37-60(73(13,14)15)36-52(24-48(32-56)63(44)76)67(53)80-40-42-20-19-21-43(62(42)75)41-81-68(54)55/h19-21,28-39,76-79H,22-27,40-41H2,1-18H3. The molecule has 4 N–H and O–H groups in total. The lowest BCUT2D eigenvalue weighted by molar-refractivity contribution is 0.292. The minimum absolute atomic E-state index is 0.192. The van der Waals surface area contributed by atoms with Crippen molar-refractivity contribution in [2.75, 3.05) is 0 Å². The number of hydrogen-bond donors (Lipinski definition) is 4. The van der Waals surface area contributed by atoms with E-state index in [4.69, 9.17) is 9.47 Å². The Morgan fingerprint density at radius 2 is 0.457 bits per heavy atom. The Morgan fingerprint density at radius 1 is 0.284 bits per heavy atom. The molecule has 2 aliphatic heterocycles. The van der Waals surface area contributed by atoms with Gasteiger partial charge in [-0.15, -0.1) is 0 Å². The topological polar surface area (TPSA) is 99.4 Å². The summed E-state index contributed by atoms with van der Waals surface area (Å²) in [4.78, 5) is 0. The maximum absolute atomic E-state index is 12.9. The minimum Gasteiger partial charge on any atom is -0.507 e. The Morgan fingerprint density at radius 3 is 0.642 bits per heavy atom. The summed E-state index contributed by atoms with van der Waals surface area (Å²) >= 11 is 4.07. The van der Waals surface area contributed by atoms with Gasteiger partial charge in [-0.3, -0.25) is 0 Å². The molecule has 0 atom stereocenters. The summed E-state index contributed by atoms with van der Waals surface area (Å²) in [5.74, 6) is 2.15. The SMILES string of the molecule is CC(C)(C)c1cc2c(O)c(c1)Cc1cc(C(C)(C)C)cc3c1OCc1cccc(c1Br)COc1c(cc(C(C)(C)C)cc1Cc1cc(C(C)(C)C)cc(c1O)Cc1cc(C(C)(C)C)cc(c1O)C3)Cc1cc(C(C)(C)C)cc(c1O)C2. The molecule has 7 heteroatoms. The molecule has 428 valence electrons. The van der Waals surface area contributed by atoms with Crippen molar-refractivity contribution in [1.29, 1.82) is 0 Å². The number of phenolic OH excluding ortho intramolecular Hbond substituents is 4. The van der Waals surface area contributed by atoms with Gasteiger partial charge in [0, 0.05) is 54.1 Å². The molecule has 0 aromatic heterocycles. The molecule has 81 heavy (non-hydrogen) atoms. The highest BCUT2D eigenvalue weighted by Crippen LogP contribution is 2.46. The monoisotopic (exact) mass is 1150 g/mol. The first-order chi connectivity index (χ1) is 37.4. The van der Waals surface area contributed by atoms with E-state index in [0.717, 1.165) is 116 Å². The summed E-state index contributed by atoms with van der Waals surface area (Å²) in [6.07, 6.45) is 1.98. The van der Waals surface area contributed by atoms with Crippen LogP contribution < -0.4 is 9.47 Å². The Kier molecular flexibility index (Phi) is 15.6. The molecular formula is C74H89BrO6. The molecule has 12 bridgehead atoms. The smallest absolute Gasteiger partial charge is 0.126 e. The van der Waals surface area contributed by atoms with Crippen LogP contribution in [0.25, 0.3) is 0 Å². The largest absolute Gasteiger partial charge is 0.507 e. The summed E-state index contributed by atoms with van der Waals surface area (Å²) in [6, 6.07) is 32.3. The Bertz CT molecular complexity index is 3170. The normalized spacial score (nSPS) is 14.6. The first-order valence-corrected chi connectivity index (χ1v) is 30.0. The lowest BCUT2D eigenvalue weighted by atomic mass is 9.79. The number of fused-ring (bicyclic) bond motifs is 10. The van der Waals surface area contributed by atoms with Crippen molar-refractivity contribution >= 4 is 15.9 Å². The third kappa shape index (κ3) is 12.6. The van der Waals surface area contributed by atoms with Gasteiger partial charge in [-0.2, -0.15) is 0 Å². The average Bonchev–Trinajstić information content (AvgIpc) is 3.42. The van der Waals surface area contributed by atoms with E-state index in [1.54, 1.807) is 0 Å². The summed E-state index contributed by atoms with van der Waals surface area (Å²) in [6.45, 7) is 40.3. The van der Waals surface area contributed by atoms with Gasteiger partial charge < -0.3 is 29.9 Å². The summed E-state index contributed by atoms with van der Waals surface area (Å²) < 4.78 is 15.5. The van der Waals surface area contributed by atoms with Crippen molar-refractivity contribution in [1.82, 2.24) is 0 Å². The van der Waals surface area contributed by atoms with Gasteiger partial charge in [-0.1, -0.05) is 216 Å². The van der Waals surface area contributed by atoms with Gasteiger partial charge in [0.15, 0.2) is 0 Å². The van der Waals surface area contributed by atoms with Crippen molar-refractivity contribution in [2.45, 2.75) is 209 Å². The van der Waals surface area contributed by atoms with Crippen LogP contribution in [0.4, 0.5) is 0 Å². The van der Waals surface area contributed by atoms with E-state index in [2.05, 4.69) is 232 Å². The van der Waals surface area contributed by atoms with Crippen LogP contribution in [0, 0.1) is 0 Å². The third-order valence-corrected chi connectivity index (χ3v) is 18.0. The molecule has 7 aromatic rings. The van der Waals surface area contributed by atoms with Crippen LogP contribution in [0.5, 0.6) is 34.5 Å². The van der Waals surface area contributed by atoms with Crippen LogP contribution in [0.15, 0.2) is 95.5 Å². The molecule has 0 aliphatic carbocycles. The fraction of sp³-hybridized carbons (Fsp3) is 0.432. The molecule has 0 saturated carbocycles. The third-order valence-electron chi connectivity index (χ3n) is 16.9. The van der Waals surface area contributed by atoms with E-state index in [1.165, 1.54) is 0 Å². The quantitative estimate of drug-likeness (QED) is 0.121. The van der Waals surface area contributed by atoms with Crippen LogP contribution in [-0.2, 0) is 84.2 Å². The predicted octanol–water partition coefficient (Wildman–Crippen LogP) is 18.4. The highest BCUT2D eigenvalue weighted by molar-refractivity contribution is 9.10. The molecule has 2 aliphatic rings. The number of ether oxygens (including phenoxy) is 2. The molecule has 0 saturated heterocycles. The van der Waals surface area contributed by atoms with E-state index in [1.807, 2.05) is 0 Å². The summed E-state index contributed by atoms with van der Waals surface area (Å²) in [5, 5.41) is 51.6. The van der Waals surface area contributed by atoms with Gasteiger partial charge in [0.25, 0.3) is 0 Å². The lowest BCUT2D eigenvalue weighted by Crippen LogP contribution is -2.16. The van der Waals surface area contributed by atoms with Crippen LogP contribution in [-0.4, -0.2) is 20.4 Å². The number of rotatable bonds is 0. The van der Waals surface area contributed by atoms with Crippen molar-refractivity contribution in [3.05, 3.63) is 207 Å². The van der Waals surface area contributed by atoms with Crippen molar-refractivity contribution < 1.29 is 29.9 Å². The molecule has 0 unspecified atom stereocenters. The highest BCUT2D eigenvalue weighted by atomic mass is 79.9. The van der Waals surface area contributed by atoms with E-state index >= 15 is 0 Å². The predicted molar refractivity (Wildman–Crippen MR) is 337 cm³/mol. The van der Waals surface area contributed by atoms with Crippen LogP contribution in [0.1, 0.15) is 236 Å². The Labute approximate surface area is 493 Å². The second-order valence-corrected chi connectivity index (χ2v) is 30.6. The zero-order chi connectivity index (χ0) is 59.3. The fourth-order valence-electron chi connectivity index (χ4n) is 11.5. The second-order valence-electron chi connectivity index (χ2n) is 29.8. The number of halogens is 1. The number of aromatic hydroxyl groups is 4. The molecule has 7 aromatic carbocycles.